The minimum atomic E-state index is -0.829. The Morgan fingerprint density at radius 1 is 0.960 bits per heavy atom. The number of benzene rings is 2. The van der Waals surface area contributed by atoms with Gasteiger partial charge in [-0.05, 0) is 29.7 Å². The Bertz CT molecular complexity index is 670. The van der Waals surface area contributed by atoms with Crippen molar-refractivity contribution in [2.45, 2.75) is 26.0 Å². The van der Waals surface area contributed by atoms with Crippen LogP contribution in [0.5, 0.6) is 5.75 Å². The third-order valence-electron chi connectivity index (χ3n) is 3.38. The first-order valence-corrected chi connectivity index (χ1v) is 8.01. The van der Waals surface area contributed by atoms with Gasteiger partial charge in [0.15, 0.2) is 0 Å². The highest BCUT2D eigenvalue weighted by atomic mass is 16.5. The molecule has 0 saturated heterocycles. The van der Waals surface area contributed by atoms with Gasteiger partial charge >= 0.3 is 12.1 Å². The van der Waals surface area contributed by atoms with Gasteiger partial charge in [0.05, 0.1) is 6.61 Å². The van der Waals surface area contributed by atoms with Gasteiger partial charge in [0.25, 0.3) is 0 Å². The maximum atomic E-state index is 11.7. The van der Waals surface area contributed by atoms with Crippen LogP contribution in [-0.2, 0) is 22.7 Å². The molecule has 2 rings (SSSR count). The van der Waals surface area contributed by atoms with E-state index in [2.05, 4.69) is 5.32 Å². The number of rotatable bonds is 9. The molecule has 0 unspecified atom stereocenters. The van der Waals surface area contributed by atoms with Crippen LogP contribution in [0, 0.1) is 0 Å². The summed E-state index contributed by atoms with van der Waals surface area (Å²) in [6.07, 6.45) is 0.0803. The molecular weight excluding hydrogens is 322 g/mol. The molecule has 2 aromatic rings. The highest BCUT2D eigenvalue weighted by Crippen LogP contribution is 2.12. The van der Waals surface area contributed by atoms with Crippen molar-refractivity contribution in [2.24, 2.45) is 0 Å². The highest BCUT2D eigenvalue weighted by molar-refractivity contribution is 5.67. The van der Waals surface area contributed by atoms with Gasteiger partial charge < -0.3 is 19.9 Å². The molecule has 0 aliphatic carbocycles. The first kappa shape index (κ1) is 18.3. The summed E-state index contributed by atoms with van der Waals surface area (Å²) in [6, 6.07) is 16.7. The third-order valence-corrected chi connectivity index (χ3v) is 3.38. The maximum Gasteiger partial charge on any atom is 0.407 e. The van der Waals surface area contributed by atoms with Crippen LogP contribution in [0.2, 0.25) is 0 Å². The Morgan fingerprint density at radius 2 is 1.68 bits per heavy atom. The fraction of sp³-hybridized carbons (Fsp3) is 0.263. The van der Waals surface area contributed by atoms with E-state index in [1.54, 1.807) is 12.1 Å². The summed E-state index contributed by atoms with van der Waals surface area (Å²) in [7, 11) is 0. The number of hydrogen-bond acceptors (Lipinski definition) is 4. The monoisotopic (exact) mass is 343 g/mol. The number of aliphatic carboxylic acids is 1. The Morgan fingerprint density at radius 3 is 2.36 bits per heavy atom. The number of ether oxygens (including phenoxy) is 2. The lowest BCUT2D eigenvalue weighted by atomic mass is 10.2. The Kier molecular flexibility index (Phi) is 7.31. The third kappa shape index (κ3) is 7.39. The van der Waals surface area contributed by atoms with E-state index in [0.29, 0.717) is 25.3 Å². The van der Waals surface area contributed by atoms with Crippen LogP contribution in [0.1, 0.15) is 24.0 Å². The molecule has 0 aliphatic rings. The first-order chi connectivity index (χ1) is 12.1. The van der Waals surface area contributed by atoms with Crippen LogP contribution in [0.4, 0.5) is 4.79 Å². The summed E-state index contributed by atoms with van der Waals surface area (Å²) in [5, 5.41) is 11.2. The zero-order valence-corrected chi connectivity index (χ0v) is 13.8. The fourth-order valence-corrected chi connectivity index (χ4v) is 2.07. The lowest BCUT2D eigenvalue weighted by molar-refractivity contribution is -0.137. The van der Waals surface area contributed by atoms with Gasteiger partial charge in [-0.1, -0.05) is 42.5 Å². The van der Waals surface area contributed by atoms with Crippen molar-refractivity contribution >= 4 is 12.1 Å². The van der Waals surface area contributed by atoms with E-state index < -0.39 is 12.1 Å². The summed E-state index contributed by atoms with van der Waals surface area (Å²) in [5.74, 6) is -0.162. The number of carboxylic acid groups (broad SMARTS) is 1. The summed E-state index contributed by atoms with van der Waals surface area (Å²) in [5.41, 5.74) is 1.84. The van der Waals surface area contributed by atoms with Gasteiger partial charge in [0.2, 0.25) is 0 Å². The molecule has 0 saturated carbocycles. The van der Waals surface area contributed by atoms with Gasteiger partial charge in [0, 0.05) is 13.0 Å². The van der Waals surface area contributed by atoms with E-state index >= 15 is 0 Å². The van der Waals surface area contributed by atoms with Crippen LogP contribution in [0.25, 0.3) is 0 Å². The molecule has 0 bridgehead atoms. The SMILES string of the molecule is O=C(O)CCCOc1ccc(CNC(=O)OCc2ccccc2)cc1. The molecular formula is C19H21NO5. The van der Waals surface area contributed by atoms with Gasteiger partial charge in [-0.15, -0.1) is 0 Å². The lowest BCUT2D eigenvalue weighted by Gasteiger charge is -2.09. The predicted molar refractivity (Wildman–Crippen MR) is 92.3 cm³/mol. The van der Waals surface area contributed by atoms with E-state index in [1.807, 2.05) is 42.5 Å². The molecule has 0 atom stereocenters. The Balaban J connectivity index is 1.66. The van der Waals surface area contributed by atoms with E-state index in [9.17, 15) is 9.59 Å². The number of carbonyl (C=O) groups is 2. The molecule has 0 heterocycles. The lowest BCUT2D eigenvalue weighted by Crippen LogP contribution is -2.23. The number of amides is 1. The normalized spacial score (nSPS) is 10.1. The number of nitrogens with one attached hydrogen (secondary N) is 1. The van der Waals surface area contributed by atoms with Crippen LogP contribution >= 0.6 is 0 Å². The van der Waals surface area contributed by atoms with E-state index in [1.165, 1.54) is 0 Å². The summed E-state index contributed by atoms with van der Waals surface area (Å²) < 4.78 is 10.6. The highest BCUT2D eigenvalue weighted by Gasteiger charge is 2.03. The number of alkyl carbamates (subject to hydrolysis) is 1. The van der Waals surface area contributed by atoms with E-state index in [4.69, 9.17) is 14.6 Å². The smallest absolute Gasteiger partial charge is 0.407 e. The second-order valence-electron chi connectivity index (χ2n) is 5.40. The van der Waals surface area contributed by atoms with Crippen molar-refractivity contribution in [3.05, 3.63) is 65.7 Å². The zero-order valence-electron chi connectivity index (χ0n) is 13.8. The molecule has 2 N–H and O–H groups in total. The van der Waals surface area contributed by atoms with E-state index in [-0.39, 0.29) is 13.0 Å². The molecule has 0 radical (unpaired) electrons. The largest absolute Gasteiger partial charge is 0.494 e. The van der Waals surface area contributed by atoms with Crippen LogP contribution in [0.3, 0.4) is 0 Å². The first-order valence-electron chi connectivity index (χ1n) is 8.01. The molecule has 25 heavy (non-hydrogen) atoms. The van der Waals surface area contributed by atoms with Gasteiger partial charge in [0.1, 0.15) is 12.4 Å². The second kappa shape index (κ2) is 9.97. The van der Waals surface area contributed by atoms with Crippen molar-refractivity contribution in [1.29, 1.82) is 0 Å². The molecule has 1 amide bonds. The predicted octanol–water partition coefficient (Wildman–Crippen LogP) is 3.36. The van der Waals surface area contributed by atoms with Gasteiger partial charge in [-0.2, -0.15) is 0 Å². The minimum Gasteiger partial charge on any atom is -0.494 e. The van der Waals surface area contributed by atoms with Crippen molar-refractivity contribution in [3.8, 4) is 5.75 Å². The summed E-state index contributed by atoms with van der Waals surface area (Å²) in [4.78, 5) is 22.1. The zero-order chi connectivity index (χ0) is 17.9. The molecule has 0 fully saturated rings. The molecule has 2 aromatic carbocycles. The molecule has 132 valence electrons. The van der Waals surface area contributed by atoms with Crippen molar-refractivity contribution in [1.82, 2.24) is 5.32 Å². The molecule has 0 aromatic heterocycles. The molecule has 6 nitrogen and oxygen atoms in total. The van der Waals surface area contributed by atoms with E-state index in [0.717, 1.165) is 11.1 Å². The minimum absolute atomic E-state index is 0.0904. The van der Waals surface area contributed by atoms with Gasteiger partial charge in [-0.25, -0.2) is 4.79 Å². The quantitative estimate of drug-likeness (QED) is 0.682. The maximum absolute atomic E-state index is 11.7. The molecule has 6 heteroatoms. The summed E-state index contributed by atoms with van der Waals surface area (Å²) >= 11 is 0. The standard InChI is InChI=1S/C19H21NO5/c21-18(22)7-4-12-24-17-10-8-15(9-11-17)13-20-19(23)25-14-16-5-2-1-3-6-16/h1-3,5-6,8-11H,4,7,12-14H2,(H,20,23)(H,21,22). The Labute approximate surface area is 146 Å². The van der Waals surface area contributed by atoms with Crippen LogP contribution in [0.15, 0.2) is 54.6 Å². The van der Waals surface area contributed by atoms with Crippen molar-refractivity contribution in [2.75, 3.05) is 6.61 Å². The number of carbonyl (C=O) groups excluding carboxylic acids is 1. The fourth-order valence-electron chi connectivity index (χ4n) is 2.07. The topological polar surface area (TPSA) is 84.9 Å². The van der Waals surface area contributed by atoms with Crippen molar-refractivity contribution in [3.63, 3.8) is 0 Å². The number of hydrogen-bond donors (Lipinski definition) is 2. The Hall–Kier alpha value is -3.02. The van der Waals surface area contributed by atoms with Crippen molar-refractivity contribution < 1.29 is 24.2 Å². The molecule has 0 aliphatic heterocycles. The van der Waals surface area contributed by atoms with Crippen LogP contribution < -0.4 is 10.1 Å². The molecule has 0 spiro atoms. The second-order valence-corrected chi connectivity index (χ2v) is 5.40. The average Bonchev–Trinajstić information content (AvgIpc) is 2.63. The summed E-state index contributed by atoms with van der Waals surface area (Å²) in [6.45, 7) is 0.943. The average molecular weight is 343 g/mol. The number of carboxylic acids is 1. The van der Waals surface area contributed by atoms with Crippen LogP contribution in [-0.4, -0.2) is 23.8 Å². The van der Waals surface area contributed by atoms with Gasteiger partial charge in [-0.3, -0.25) is 4.79 Å².